The van der Waals surface area contributed by atoms with Gasteiger partial charge in [0.1, 0.15) is 12.0 Å². The first-order chi connectivity index (χ1) is 11.1. The molecule has 1 saturated heterocycles. The minimum absolute atomic E-state index is 0.116. The van der Waals surface area contributed by atoms with Gasteiger partial charge in [0, 0.05) is 17.6 Å². The Labute approximate surface area is 142 Å². The molecule has 1 aliphatic heterocycles. The van der Waals surface area contributed by atoms with Crippen molar-refractivity contribution in [3.63, 3.8) is 0 Å². The average molecular weight is 332 g/mol. The lowest BCUT2D eigenvalue weighted by Crippen LogP contribution is -2.41. The third-order valence-electron chi connectivity index (χ3n) is 4.75. The molecular weight excluding hydrogens is 310 g/mol. The zero-order valence-corrected chi connectivity index (χ0v) is 13.9. The lowest BCUT2D eigenvalue weighted by molar-refractivity contribution is -0.0334. The Morgan fingerprint density at radius 2 is 1.83 bits per heavy atom. The largest absolute Gasteiger partial charge is 0.508 e. The number of phenols is 1. The maximum atomic E-state index is 10.1. The topological polar surface area (TPSA) is 43.7 Å². The Morgan fingerprint density at radius 3 is 2.48 bits per heavy atom. The monoisotopic (exact) mass is 331 g/mol. The lowest BCUT2D eigenvalue weighted by atomic mass is 9.82. The molecule has 122 valence electrons. The molecule has 0 amide bonds. The van der Waals surface area contributed by atoms with Crippen molar-refractivity contribution in [2.24, 2.45) is 0 Å². The fourth-order valence-electron chi connectivity index (χ4n) is 3.54. The molecule has 2 aromatic rings. The summed E-state index contributed by atoms with van der Waals surface area (Å²) in [4.78, 5) is 2.11. The Balaban J connectivity index is 1.89. The number of nitrogens with zero attached hydrogens (tertiary/aromatic N) is 1. The predicted octanol–water partition coefficient (Wildman–Crippen LogP) is 4.30. The second kappa shape index (κ2) is 6.91. The molecule has 3 rings (SSSR count). The number of halogens is 1. The predicted molar refractivity (Wildman–Crippen MR) is 92.7 cm³/mol. The summed E-state index contributed by atoms with van der Waals surface area (Å²) in [5, 5.41) is 20.5. The molecule has 0 radical (unpaired) electrons. The fourth-order valence-corrected chi connectivity index (χ4v) is 3.83. The van der Waals surface area contributed by atoms with Crippen molar-refractivity contribution in [1.82, 2.24) is 4.90 Å². The number of likely N-dealkylation sites (tertiary alicyclic amines) is 1. The Kier molecular flexibility index (Phi) is 4.90. The molecule has 0 aliphatic carbocycles. The SMILES string of the molecule is C[C@H](O)N1CCC(c2ccccc2Cl)CC1c1ccc(O)cc1. The van der Waals surface area contributed by atoms with Crippen molar-refractivity contribution in [3.05, 3.63) is 64.7 Å². The van der Waals surface area contributed by atoms with Gasteiger partial charge in [-0.3, -0.25) is 4.90 Å². The molecule has 0 saturated carbocycles. The molecule has 1 heterocycles. The highest BCUT2D eigenvalue weighted by Crippen LogP contribution is 2.42. The Hall–Kier alpha value is -1.55. The van der Waals surface area contributed by atoms with E-state index in [0.29, 0.717) is 5.92 Å². The van der Waals surface area contributed by atoms with Gasteiger partial charge in [0.25, 0.3) is 0 Å². The molecule has 3 atom stereocenters. The molecule has 4 heteroatoms. The number of hydrogen-bond acceptors (Lipinski definition) is 3. The van der Waals surface area contributed by atoms with E-state index in [1.807, 2.05) is 37.3 Å². The minimum Gasteiger partial charge on any atom is -0.508 e. The van der Waals surface area contributed by atoms with Crippen LogP contribution in [0.3, 0.4) is 0 Å². The van der Waals surface area contributed by atoms with Crippen molar-refractivity contribution in [3.8, 4) is 5.75 Å². The summed E-state index contributed by atoms with van der Waals surface area (Å²) in [6, 6.07) is 15.4. The van der Waals surface area contributed by atoms with Crippen LogP contribution >= 0.6 is 11.6 Å². The first kappa shape index (κ1) is 16.3. The van der Waals surface area contributed by atoms with Crippen LogP contribution in [0.4, 0.5) is 0 Å². The number of rotatable bonds is 3. The van der Waals surface area contributed by atoms with Gasteiger partial charge in [-0.1, -0.05) is 41.9 Å². The van der Waals surface area contributed by atoms with Crippen LogP contribution in [-0.4, -0.2) is 27.9 Å². The molecule has 3 nitrogen and oxygen atoms in total. The number of aliphatic hydroxyl groups is 1. The average Bonchev–Trinajstić information content (AvgIpc) is 2.55. The van der Waals surface area contributed by atoms with E-state index in [1.54, 1.807) is 12.1 Å². The number of aliphatic hydroxyl groups excluding tert-OH is 1. The highest BCUT2D eigenvalue weighted by atomic mass is 35.5. The van der Waals surface area contributed by atoms with Gasteiger partial charge in [-0.25, -0.2) is 0 Å². The molecule has 23 heavy (non-hydrogen) atoms. The van der Waals surface area contributed by atoms with Gasteiger partial charge in [0.15, 0.2) is 0 Å². The van der Waals surface area contributed by atoms with Crippen molar-refractivity contribution >= 4 is 11.6 Å². The van der Waals surface area contributed by atoms with Gasteiger partial charge in [-0.05, 0) is 55.0 Å². The molecule has 2 unspecified atom stereocenters. The van der Waals surface area contributed by atoms with Crippen LogP contribution in [0.2, 0.25) is 5.02 Å². The summed E-state index contributed by atoms with van der Waals surface area (Å²) in [7, 11) is 0. The third kappa shape index (κ3) is 3.52. The smallest absolute Gasteiger partial charge is 0.115 e. The molecule has 0 aromatic heterocycles. The summed E-state index contributed by atoms with van der Waals surface area (Å²) < 4.78 is 0. The molecular formula is C19H22ClNO2. The van der Waals surface area contributed by atoms with Crippen LogP contribution < -0.4 is 0 Å². The number of aromatic hydroxyl groups is 1. The van der Waals surface area contributed by atoms with Crippen LogP contribution in [0.1, 0.15) is 42.9 Å². The Morgan fingerprint density at radius 1 is 1.13 bits per heavy atom. The fraction of sp³-hybridized carbons (Fsp3) is 0.368. The first-order valence-corrected chi connectivity index (χ1v) is 8.41. The standard InChI is InChI=1S/C19H22ClNO2/c1-13(22)21-11-10-15(17-4-2-3-5-18(17)20)12-19(21)14-6-8-16(23)9-7-14/h2-9,13,15,19,22-23H,10-12H2,1H3/t13-,15?,19?/m0/s1. The van der Waals surface area contributed by atoms with E-state index in [0.717, 1.165) is 30.0 Å². The number of hydrogen-bond donors (Lipinski definition) is 2. The van der Waals surface area contributed by atoms with E-state index in [-0.39, 0.29) is 11.8 Å². The van der Waals surface area contributed by atoms with E-state index in [2.05, 4.69) is 11.0 Å². The van der Waals surface area contributed by atoms with Crippen molar-refractivity contribution < 1.29 is 10.2 Å². The number of phenolic OH excluding ortho intramolecular Hbond substituents is 1. The van der Waals surface area contributed by atoms with E-state index in [4.69, 9.17) is 11.6 Å². The summed E-state index contributed by atoms with van der Waals surface area (Å²) >= 11 is 6.37. The Bertz CT molecular complexity index is 657. The summed E-state index contributed by atoms with van der Waals surface area (Å²) in [6.07, 6.45) is 1.38. The first-order valence-electron chi connectivity index (χ1n) is 8.03. The zero-order valence-electron chi connectivity index (χ0n) is 13.2. The van der Waals surface area contributed by atoms with Crippen molar-refractivity contribution in [2.75, 3.05) is 6.54 Å². The van der Waals surface area contributed by atoms with E-state index >= 15 is 0 Å². The van der Waals surface area contributed by atoms with Gasteiger partial charge in [-0.15, -0.1) is 0 Å². The van der Waals surface area contributed by atoms with Crippen LogP contribution in [0.25, 0.3) is 0 Å². The van der Waals surface area contributed by atoms with Gasteiger partial charge in [0.05, 0.1) is 0 Å². The highest BCUT2D eigenvalue weighted by Gasteiger charge is 2.33. The zero-order chi connectivity index (χ0) is 16.4. The molecule has 0 spiro atoms. The minimum atomic E-state index is -0.499. The number of benzene rings is 2. The maximum absolute atomic E-state index is 10.1. The second-order valence-electron chi connectivity index (χ2n) is 6.22. The van der Waals surface area contributed by atoms with Crippen LogP contribution in [0.15, 0.2) is 48.5 Å². The summed E-state index contributed by atoms with van der Waals surface area (Å²) in [6.45, 7) is 2.63. The lowest BCUT2D eigenvalue weighted by Gasteiger charge is -2.41. The van der Waals surface area contributed by atoms with Crippen LogP contribution in [0, 0.1) is 0 Å². The van der Waals surface area contributed by atoms with Gasteiger partial charge in [0.2, 0.25) is 0 Å². The van der Waals surface area contributed by atoms with Crippen LogP contribution in [0.5, 0.6) is 5.75 Å². The summed E-state index contributed by atoms with van der Waals surface area (Å²) in [5.74, 6) is 0.633. The van der Waals surface area contributed by atoms with Crippen molar-refractivity contribution in [1.29, 1.82) is 0 Å². The molecule has 2 aromatic carbocycles. The maximum Gasteiger partial charge on any atom is 0.115 e. The van der Waals surface area contributed by atoms with Gasteiger partial charge < -0.3 is 10.2 Å². The molecule has 1 fully saturated rings. The van der Waals surface area contributed by atoms with Gasteiger partial charge in [-0.2, -0.15) is 0 Å². The van der Waals surface area contributed by atoms with E-state index < -0.39 is 6.23 Å². The van der Waals surface area contributed by atoms with Gasteiger partial charge >= 0.3 is 0 Å². The molecule has 2 N–H and O–H groups in total. The normalized spacial score (nSPS) is 23.6. The molecule has 0 bridgehead atoms. The quantitative estimate of drug-likeness (QED) is 0.881. The number of piperidine rings is 1. The van der Waals surface area contributed by atoms with E-state index in [9.17, 15) is 10.2 Å². The second-order valence-corrected chi connectivity index (χ2v) is 6.63. The summed E-state index contributed by atoms with van der Waals surface area (Å²) in [5.41, 5.74) is 2.30. The third-order valence-corrected chi connectivity index (χ3v) is 5.09. The van der Waals surface area contributed by atoms with Crippen molar-refractivity contribution in [2.45, 2.75) is 38.0 Å². The molecule has 1 aliphatic rings. The van der Waals surface area contributed by atoms with E-state index in [1.165, 1.54) is 5.56 Å². The highest BCUT2D eigenvalue weighted by molar-refractivity contribution is 6.31. The van der Waals surface area contributed by atoms with Crippen LogP contribution in [-0.2, 0) is 0 Å².